The highest BCUT2D eigenvalue weighted by Gasteiger charge is 2.14. The van der Waals surface area contributed by atoms with E-state index in [4.69, 9.17) is 9.47 Å². The van der Waals surface area contributed by atoms with Crippen molar-refractivity contribution in [3.63, 3.8) is 0 Å². The van der Waals surface area contributed by atoms with E-state index < -0.39 is 0 Å². The number of hydrogen-bond donors (Lipinski definition) is 1. The quantitative estimate of drug-likeness (QED) is 0.634. The first-order chi connectivity index (χ1) is 12.7. The van der Waals surface area contributed by atoms with Gasteiger partial charge in [0.15, 0.2) is 11.5 Å². The first kappa shape index (κ1) is 18.4. The molecule has 3 rings (SSSR count). The van der Waals surface area contributed by atoms with Crippen molar-refractivity contribution in [2.24, 2.45) is 0 Å². The number of benzene rings is 2. The lowest BCUT2D eigenvalue weighted by Crippen LogP contribution is -2.22. The van der Waals surface area contributed by atoms with Crippen LogP contribution < -0.4 is 14.8 Å². The zero-order valence-electron chi connectivity index (χ0n) is 15.4. The Balaban J connectivity index is 1.79. The topological polar surface area (TPSA) is 43.4 Å². The van der Waals surface area contributed by atoms with Gasteiger partial charge in [0.1, 0.15) is 0 Å². The lowest BCUT2D eigenvalue weighted by Gasteiger charge is -2.20. The highest BCUT2D eigenvalue weighted by Crippen LogP contribution is 2.29. The van der Waals surface area contributed by atoms with Gasteiger partial charge >= 0.3 is 0 Å². The molecule has 1 N–H and O–H groups in total. The molecule has 0 fully saturated rings. The van der Waals surface area contributed by atoms with Gasteiger partial charge in [0.2, 0.25) is 0 Å². The van der Waals surface area contributed by atoms with E-state index in [1.165, 1.54) is 16.0 Å². The van der Waals surface area contributed by atoms with Crippen molar-refractivity contribution in [1.82, 2.24) is 10.3 Å². The summed E-state index contributed by atoms with van der Waals surface area (Å²) >= 11 is 1.73. The Morgan fingerprint density at radius 1 is 1.04 bits per heavy atom. The predicted octanol–water partition coefficient (Wildman–Crippen LogP) is 4.54. The van der Waals surface area contributed by atoms with E-state index in [0.717, 1.165) is 29.5 Å². The van der Waals surface area contributed by atoms with Crippen LogP contribution in [0.3, 0.4) is 0 Å². The maximum atomic E-state index is 5.44. The van der Waals surface area contributed by atoms with E-state index in [9.17, 15) is 0 Å². The maximum Gasteiger partial charge on any atom is 0.160 e. The van der Waals surface area contributed by atoms with Gasteiger partial charge in [-0.1, -0.05) is 36.4 Å². The summed E-state index contributed by atoms with van der Waals surface area (Å²) in [4.78, 5) is 5.59. The minimum absolute atomic E-state index is 0.205. The van der Waals surface area contributed by atoms with Crippen LogP contribution in [0.1, 0.15) is 27.1 Å². The van der Waals surface area contributed by atoms with Crippen molar-refractivity contribution in [2.75, 3.05) is 14.2 Å². The molecule has 0 aliphatic carbocycles. The van der Waals surface area contributed by atoms with Crippen molar-refractivity contribution in [3.05, 3.63) is 75.7 Å². The summed E-state index contributed by atoms with van der Waals surface area (Å²) in [7, 11) is 3.32. The molecule has 26 heavy (non-hydrogen) atoms. The monoisotopic (exact) mass is 368 g/mol. The normalized spacial score (nSPS) is 12.0. The van der Waals surface area contributed by atoms with Gasteiger partial charge in [-0.2, -0.15) is 0 Å². The fourth-order valence-electron chi connectivity index (χ4n) is 2.95. The van der Waals surface area contributed by atoms with Gasteiger partial charge in [-0.25, -0.2) is 4.98 Å². The Bertz CT molecular complexity index is 833. The molecule has 3 aromatic rings. The number of ether oxygens (including phenoxy) is 2. The molecule has 0 radical (unpaired) electrons. The number of aryl methyl sites for hydroxylation is 1. The summed E-state index contributed by atoms with van der Waals surface area (Å²) in [5.74, 6) is 1.51. The number of rotatable bonds is 8. The van der Waals surface area contributed by atoms with Crippen molar-refractivity contribution in [3.8, 4) is 11.5 Å². The highest BCUT2D eigenvalue weighted by molar-refractivity contribution is 7.11. The lowest BCUT2D eigenvalue weighted by molar-refractivity contribution is 0.354. The second-order valence-electron chi connectivity index (χ2n) is 6.08. The van der Waals surface area contributed by atoms with Gasteiger partial charge in [0.05, 0.1) is 19.2 Å². The zero-order chi connectivity index (χ0) is 18.4. The number of nitrogens with one attached hydrogen (secondary N) is 1. The van der Waals surface area contributed by atoms with Crippen molar-refractivity contribution < 1.29 is 9.47 Å². The first-order valence-corrected chi connectivity index (χ1v) is 9.41. The van der Waals surface area contributed by atoms with Crippen LogP contribution in [-0.4, -0.2) is 19.2 Å². The Kier molecular flexibility index (Phi) is 6.26. The molecule has 0 bridgehead atoms. The molecule has 0 aliphatic rings. The Morgan fingerprint density at radius 2 is 1.81 bits per heavy atom. The van der Waals surface area contributed by atoms with Gasteiger partial charge < -0.3 is 14.8 Å². The molecule has 0 amide bonds. The molecule has 1 heterocycles. The van der Waals surface area contributed by atoms with Gasteiger partial charge in [-0.15, -0.1) is 11.3 Å². The molecule has 4 nitrogen and oxygen atoms in total. The van der Waals surface area contributed by atoms with Crippen LogP contribution in [0, 0.1) is 6.92 Å². The molecule has 1 unspecified atom stereocenters. The molecule has 0 saturated carbocycles. The highest BCUT2D eigenvalue weighted by atomic mass is 32.1. The molecule has 0 aliphatic heterocycles. The minimum Gasteiger partial charge on any atom is -0.493 e. The molecule has 5 heteroatoms. The van der Waals surface area contributed by atoms with E-state index in [2.05, 4.69) is 40.6 Å². The summed E-state index contributed by atoms with van der Waals surface area (Å²) in [6.45, 7) is 2.84. The van der Waals surface area contributed by atoms with Crippen LogP contribution in [0.5, 0.6) is 11.5 Å². The Morgan fingerprint density at radius 3 is 2.46 bits per heavy atom. The second kappa shape index (κ2) is 8.83. The fourth-order valence-corrected chi connectivity index (χ4v) is 3.69. The molecule has 1 aromatic heterocycles. The third kappa shape index (κ3) is 4.62. The van der Waals surface area contributed by atoms with E-state index in [0.29, 0.717) is 0 Å². The lowest BCUT2D eigenvalue weighted by atomic mass is 9.98. The molecular weight excluding hydrogens is 344 g/mol. The third-order valence-corrected chi connectivity index (χ3v) is 5.19. The smallest absolute Gasteiger partial charge is 0.160 e. The second-order valence-corrected chi connectivity index (χ2v) is 7.40. The number of hydrogen-bond acceptors (Lipinski definition) is 5. The molecular formula is C21H24N2O2S. The number of thiazole rings is 1. The van der Waals surface area contributed by atoms with E-state index in [1.54, 1.807) is 25.6 Å². The SMILES string of the molecule is COc1ccc(CC(NCc2cnc(C)s2)c2ccccc2)cc1OC. The maximum absolute atomic E-state index is 5.44. The standard InChI is InChI=1S/C21H24N2O2S/c1-15-22-13-18(26-15)14-23-19(17-7-5-4-6-8-17)11-16-9-10-20(24-2)21(12-16)25-3/h4-10,12-13,19,23H,11,14H2,1-3H3. The molecule has 0 saturated heterocycles. The van der Waals surface area contributed by atoms with Crippen molar-refractivity contribution in [1.29, 1.82) is 0 Å². The fraction of sp³-hybridized carbons (Fsp3) is 0.286. The summed E-state index contributed by atoms with van der Waals surface area (Å²) in [6, 6.07) is 16.8. The predicted molar refractivity (Wildman–Crippen MR) is 106 cm³/mol. The molecule has 1 atom stereocenters. The van der Waals surface area contributed by atoms with Crippen LogP contribution in [-0.2, 0) is 13.0 Å². The summed E-state index contributed by atoms with van der Waals surface area (Å²) < 4.78 is 10.8. The van der Waals surface area contributed by atoms with Gasteiger partial charge in [-0.05, 0) is 36.6 Å². The van der Waals surface area contributed by atoms with Crippen LogP contribution in [0.15, 0.2) is 54.7 Å². The number of aromatic nitrogens is 1. The first-order valence-electron chi connectivity index (χ1n) is 8.60. The van der Waals surface area contributed by atoms with Gasteiger partial charge in [-0.3, -0.25) is 0 Å². The number of nitrogens with zero attached hydrogens (tertiary/aromatic N) is 1. The molecule has 0 spiro atoms. The van der Waals surface area contributed by atoms with Crippen LogP contribution in [0.2, 0.25) is 0 Å². The number of methoxy groups -OCH3 is 2. The summed E-state index contributed by atoms with van der Waals surface area (Å²) in [5.41, 5.74) is 2.47. The van der Waals surface area contributed by atoms with Crippen LogP contribution in [0.4, 0.5) is 0 Å². The van der Waals surface area contributed by atoms with E-state index in [1.807, 2.05) is 31.3 Å². The summed E-state index contributed by atoms with van der Waals surface area (Å²) in [5, 5.41) is 4.77. The van der Waals surface area contributed by atoms with Crippen molar-refractivity contribution >= 4 is 11.3 Å². The van der Waals surface area contributed by atoms with Crippen molar-refractivity contribution in [2.45, 2.75) is 25.9 Å². The average molecular weight is 369 g/mol. The van der Waals surface area contributed by atoms with Crippen LogP contribution >= 0.6 is 11.3 Å². The van der Waals surface area contributed by atoms with E-state index >= 15 is 0 Å². The summed E-state index contributed by atoms with van der Waals surface area (Å²) in [6.07, 6.45) is 2.81. The van der Waals surface area contributed by atoms with Gasteiger partial charge in [0.25, 0.3) is 0 Å². The Hall–Kier alpha value is -2.37. The zero-order valence-corrected chi connectivity index (χ0v) is 16.2. The average Bonchev–Trinajstić information content (AvgIpc) is 3.10. The minimum atomic E-state index is 0.205. The molecule has 136 valence electrons. The largest absolute Gasteiger partial charge is 0.493 e. The Labute approximate surface area is 158 Å². The van der Waals surface area contributed by atoms with E-state index in [-0.39, 0.29) is 6.04 Å². The van der Waals surface area contributed by atoms with Gasteiger partial charge in [0, 0.05) is 23.7 Å². The molecule has 2 aromatic carbocycles. The third-order valence-electron chi connectivity index (χ3n) is 4.28. The van der Waals surface area contributed by atoms with Crippen LogP contribution in [0.25, 0.3) is 0 Å².